The first-order valence-corrected chi connectivity index (χ1v) is 10.2. The number of carbonyl (C=O) groups is 2. The van der Waals surface area contributed by atoms with E-state index in [-0.39, 0.29) is 24.9 Å². The zero-order valence-corrected chi connectivity index (χ0v) is 14.8. The number of fused-ring (bicyclic) bond motifs is 1. The summed E-state index contributed by atoms with van der Waals surface area (Å²) in [6.45, 7) is 0.809. The molecule has 1 fully saturated rings. The predicted molar refractivity (Wildman–Crippen MR) is 93.3 cm³/mol. The van der Waals surface area contributed by atoms with Crippen molar-refractivity contribution in [3.05, 3.63) is 35.4 Å². The predicted octanol–water partition coefficient (Wildman–Crippen LogP) is 0.332. The van der Waals surface area contributed by atoms with Crippen LogP contribution in [-0.2, 0) is 26.0 Å². The highest BCUT2D eigenvalue weighted by Crippen LogP contribution is 2.29. The molecule has 1 aromatic rings. The van der Waals surface area contributed by atoms with Gasteiger partial charge in [0.1, 0.15) is 0 Å². The molecule has 1 heterocycles. The van der Waals surface area contributed by atoms with Crippen LogP contribution in [-0.4, -0.2) is 49.9 Å². The summed E-state index contributed by atoms with van der Waals surface area (Å²) >= 11 is 0. The first-order chi connectivity index (χ1) is 12.0. The Hall–Kier alpha value is -1.93. The van der Waals surface area contributed by atoms with Crippen molar-refractivity contribution in [3.8, 4) is 0 Å². The van der Waals surface area contributed by atoms with Gasteiger partial charge >= 0.3 is 11.8 Å². The maximum atomic E-state index is 12.1. The second kappa shape index (κ2) is 7.53. The zero-order chi connectivity index (χ0) is 17.9. The van der Waals surface area contributed by atoms with Gasteiger partial charge in [0, 0.05) is 19.6 Å². The monoisotopic (exact) mass is 365 g/mol. The van der Waals surface area contributed by atoms with E-state index in [0.29, 0.717) is 13.0 Å². The van der Waals surface area contributed by atoms with Crippen molar-refractivity contribution in [1.82, 2.24) is 14.9 Å². The molecule has 2 N–H and O–H groups in total. The van der Waals surface area contributed by atoms with Gasteiger partial charge in [0.05, 0.1) is 11.8 Å². The van der Waals surface area contributed by atoms with Gasteiger partial charge in [-0.05, 0) is 36.8 Å². The third kappa shape index (κ3) is 4.19. The fourth-order valence-corrected chi connectivity index (χ4v) is 4.97. The quantitative estimate of drug-likeness (QED) is 0.752. The van der Waals surface area contributed by atoms with Crippen molar-refractivity contribution in [2.24, 2.45) is 0 Å². The average molecular weight is 365 g/mol. The molecule has 0 radical (unpaired) electrons. The van der Waals surface area contributed by atoms with Gasteiger partial charge < -0.3 is 10.6 Å². The average Bonchev–Trinajstić information content (AvgIpc) is 2.93. The Labute approximate surface area is 147 Å². The van der Waals surface area contributed by atoms with Crippen molar-refractivity contribution >= 4 is 21.8 Å². The molecule has 1 saturated heterocycles. The van der Waals surface area contributed by atoms with Crippen molar-refractivity contribution < 1.29 is 18.0 Å². The summed E-state index contributed by atoms with van der Waals surface area (Å²) in [6.07, 6.45) is 3.37. The van der Waals surface area contributed by atoms with E-state index in [1.807, 2.05) is 24.3 Å². The molecule has 0 aromatic heterocycles. The Kier molecular flexibility index (Phi) is 5.39. The number of nitrogens with one attached hydrogen (secondary N) is 2. The largest absolute Gasteiger partial charge is 0.347 e. The van der Waals surface area contributed by atoms with E-state index in [4.69, 9.17) is 0 Å². The number of amides is 2. The molecule has 25 heavy (non-hydrogen) atoms. The van der Waals surface area contributed by atoms with Crippen LogP contribution >= 0.6 is 0 Å². The second-order valence-electron chi connectivity index (χ2n) is 6.44. The van der Waals surface area contributed by atoms with E-state index in [2.05, 4.69) is 10.6 Å². The van der Waals surface area contributed by atoms with E-state index in [1.165, 1.54) is 9.87 Å². The first kappa shape index (κ1) is 17.9. The molecule has 7 nitrogen and oxygen atoms in total. The van der Waals surface area contributed by atoms with Gasteiger partial charge in [-0.1, -0.05) is 24.3 Å². The molecular formula is C17H23N3O4S. The van der Waals surface area contributed by atoms with E-state index in [9.17, 15) is 18.0 Å². The molecule has 0 unspecified atom stereocenters. The van der Waals surface area contributed by atoms with E-state index in [1.54, 1.807) is 0 Å². The van der Waals surface area contributed by atoms with Crippen molar-refractivity contribution in [2.45, 2.75) is 31.7 Å². The molecule has 2 amide bonds. The number of hydrogen-bond donors (Lipinski definition) is 2. The molecule has 3 rings (SSSR count). The molecule has 1 aromatic carbocycles. The molecule has 8 heteroatoms. The van der Waals surface area contributed by atoms with Crippen molar-refractivity contribution in [2.75, 3.05) is 25.4 Å². The summed E-state index contributed by atoms with van der Waals surface area (Å²) in [5.74, 6) is -1.24. The van der Waals surface area contributed by atoms with Gasteiger partial charge in [-0.3, -0.25) is 9.59 Å². The van der Waals surface area contributed by atoms with Gasteiger partial charge in [-0.15, -0.1) is 0 Å². The second-order valence-corrected chi connectivity index (χ2v) is 8.53. The number of aryl methyl sites for hydroxylation is 1. The number of nitrogens with zero attached hydrogens (tertiary/aromatic N) is 1. The first-order valence-electron chi connectivity index (χ1n) is 8.62. The topological polar surface area (TPSA) is 95.6 Å². The number of benzene rings is 1. The van der Waals surface area contributed by atoms with Crippen LogP contribution in [0.1, 0.15) is 36.4 Å². The molecule has 1 atom stereocenters. The Bertz CT molecular complexity index is 763. The van der Waals surface area contributed by atoms with Crippen LogP contribution in [0.15, 0.2) is 24.3 Å². The van der Waals surface area contributed by atoms with Crippen LogP contribution in [0.4, 0.5) is 0 Å². The molecule has 1 aliphatic carbocycles. The molecular weight excluding hydrogens is 342 g/mol. The lowest BCUT2D eigenvalue weighted by Crippen LogP contribution is -2.44. The lowest BCUT2D eigenvalue weighted by Gasteiger charge is -2.26. The molecule has 1 aliphatic heterocycles. The Morgan fingerprint density at radius 2 is 1.96 bits per heavy atom. The Morgan fingerprint density at radius 1 is 1.16 bits per heavy atom. The van der Waals surface area contributed by atoms with Crippen molar-refractivity contribution in [3.63, 3.8) is 0 Å². The fraction of sp³-hybridized carbons (Fsp3) is 0.529. The highest BCUT2D eigenvalue weighted by molar-refractivity contribution is 7.89. The summed E-state index contributed by atoms with van der Waals surface area (Å²) in [4.78, 5) is 24.1. The highest BCUT2D eigenvalue weighted by atomic mass is 32.2. The van der Waals surface area contributed by atoms with Crippen LogP contribution < -0.4 is 10.6 Å². The normalized spacial score (nSPS) is 22.2. The van der Waals surface area contributed by atoms with Gasteiger partial charge in [0.2, 0.25) is 10.0 Å². The number of carbonyl (C=O) groups excluding carboxylic acids is 2. The maximum absolute atomic E-state index is 12.1. The minimum Gasteiger partial charge on any atom is -0.347 e. The minimum absolute atomic E-state index is 0.132. The molecule has 0 bridgehead atoms. The van der Waals surface area contributed by atoms with E-state index < -0.39 is 21.8 Å². The van der Waals surface area contributed by atoms with E-state index >= 15 is 0 Å². The molecule has 136 valence electrons. The van der Waals surface area contributed by atoms with E-state index in [0.717, 1.165) is 24.8 Å². The summed E-state index contributed by atoms with van der Waals surface area (Å²) in [5, 5.41) is 5.29. The van der Waals surface area contributed by atoms with Gasteiger partial charge in [0.15, 0.2) is 0 Å². The number of hydrogen-bond acceptors (Lipinski definition) is 4. The third-order valence-electron chi connectivity index (χ3n) is 4.73. The zero-order valence-electron chi connectivity index (χ0n) is 14.0. The van der Waals surface area contributed by atoms with Gasteiger partial charge in [0.25, 0.3) is 0 Å². The third-order valence-corrected chi connectivity index (χ3v) is 6.69. The van der Waals surface area contributed by atoms with Crippen LogP contribution in [0.3, 0.4) is 0 Å². The molecule has 0 spiro atoms. The van der Waals surface area contributed by atoms with Crippen LogP contribution in [0.2, 0.25) is 0 Å². The summed E-state index contributed by atoms with van der Waals surface area (Å²) in [7, 11) is -3.18. The summed E-state index contributed by atoms with van der Waals surface area (Å²) in [6, 6.07) is 7.78. The standard InChI is InChI=1S/C17H23N3O4S/c21-16(18-9-11-20-10-4-12-25(20,23)24)17(22)19-15-8-3-6-13-5-1-2-7-14(13)15/h1-2,5,7,15H,3-4,6,8-12H2,(H,18,21)(H,19,22)/t15-/m0/s1. The SMILES string of the molecule is O=C(NCCN1CCCS1(=O)=O)C(=O)N[C@H]1CCCc2ccccc21. The Morgan fingerprint density at radius 3 is 2.72 bits per heavy atom. The fourth-order valence-electron chi connectivity index (χ4n) is 3.44. The smallest absolute Gasteiger partial charge is 0.309 e. The lowest BCUT2D eigenvalue weighted by molar-refractivity contribution is -0.139. The van der Waals surface area contributed by atoms with Gasteiger partial charge in [-0.25, -0.2) is 12.7 Å². The van der Waals surface area contributed by atoms with Crippen LogP contribution in [0, 0.1) is 0 Å². The van der Waals surface area contributed by atoms with Crippen LogP contribution in [0.5, 0.6) is 0 Å². The summed E-state index contributed by atoms with van der Waals surface area (Å²) < 4.78 is 24.7. The molecule has 0 saturated carbocycles. The molecule has 2 aliphatic rings. The highest BCUT2D eigenvalue weighted by Gasteiger charge is 2.28. The van der Waals surface area contributed by atoms with Crippen LogP contribution in [0.25, 0.3) is 0 Å². The lowest BCUT2D eigenvalue weighted by atomic mass is 9.88. The van der Waals surface area contributed by atoms with Crippen molar-refractivity contribution in [1.29, 1.82) is 0 Å². The number of sulfonamides is 1. The van der Waals surface area contributed by atoms with Gasteiger partial charge in [-0.2, -0.15) is 0 Å². The maximum Gasteiger partial charge on any atom is 0.309 e. The summed E-state index contributed by atoms with van der Waals surface area (Å²) in [5.41, 5.74) is 2.27. The number of rotatable bonds is 4. The Balaban J connectivity index is 1.49. The minimum atomic E-state index is -3.18.